The summed E-state index contributed by atoms with van der Waals surface area (Å²) in [5, 5.41) is 0. The van der Waals surface area contributed by atoms with Gasteiger partial charge in [0.25, 0.3) is 0 Å². The standard InChI is InChI=1S/C8H24N6/c1-2-3-7(11,4-6(9)10)5-8(12,13)14/h6H,2-5,9-14H2,1H3. The van der Waals surface area contributed by atoms with Crippen molar-refractivity contribution in [3.05, 3.63) is 0 Å². The van der Waals surface area contributed by atoms with E-state index in [-0.39, 0.29) is 0 Å². The summed E-state index contributed by atoms with van der Waals surface area (Å²) in [6.07, 6.45) is 1.98. The Bertz CT molecular complexity index is 164. The second-order valence-corrected chi connectivity index (χ2v) is 4.27. The fourth-order valence-electron chi connectivity index (χ4n) is 1.84. The van der Waals surface area contributed by atoms with Crippen LogP contribution in [0.5, 0.6) is 0 Å². The molecule has 0 rings (SSSR count). The van der Waals surface area contributed by atoms with Crippen LogP contribution in [0.4, 0.5) is 0 Å². The van der Waals surface area contributed by atoms with Crippen LogP contribution in [-0.4, -0.2) is 17.5 Å². The van der Waals surface area contributed by atoms with E-state index >= 15 is 0 Å². The monoisotopic (exact) mass is 204 g/mol. The predicted octanol–water partition coefficient (Wildman–Crippen LogP) is -1.96. The molecule has 14 heavy (non-hydrogen) atoms. The van der Waals surface area contributed by atoms with E-state index in [0.717, 1.165) is 12.8 Å². The van der Waals surface area contributed by atoms with Gasteiger partial charge >= 0.3 is 0 Å². The predicted molar refractivity (Wildman–Crippen MR) is 58.5 cm³/mol. The highest BCUT2D eigenvalue weighted by Gasteiger charge is 2.31. The number of hydrogen-bond donors (Lipinski definition) is 6. The maximum absolute atomic E-state index is 6.10. The zero-order valence-corrected chi connectivity index (χ0v) is 8.87. The molecule has 0 aliphatic carbocycles. The molecule has 0 fully saturated rings. The highest BCUT2D eigenvalue weighted by Crippen LogP contribution is 2.21. The molecule has 0 aromatic carbocycles. The average Bonchev–Trinajstić information content (AvgIpc) is 1.78. The van der Waals surface area contributed by atoms with Gasteiger partial charge in [-0.05, 0) is 12.8 Å². The lowest BCUT2D eigenvalue weighted by Crippen LogP contribution is -2.64. The maximum Gasteiger partial charge on any atom is 0.117 e. The van der Waals surface area contributed by atoms with Gasteiger partial charge in [0.2, 0.25) is 0 Å². The second kappa shape index (κ2) is 5.01. The third-order valence-corrected chi connectivity index (χ3v) is 2.05. The van der Waals surface area contributed by atoms with E-state index in [1.54, 1.807) is 0 Å². The molecule has 0 saturated heterocycles. The fraction of sp³-hybridized carbons (Fsp3) is 1.00. The van der Waals surface area contributed by atoms with Crippen LogP contribution in [0.1, 0.15) is 32.6 Å². The van der Waals surface area contributed by atoms with Gasteiger partial charge in [-0.1, -0.05) is 13.3 Å². The Labute approximate surface area is 85.3 Å². The van der Waals surface area contributed by atoms with E-state index in [2.05, 4.69) is 0 Å². The van der Waals surface area contributed by atoms with Crippen LogP contribution in [0, 0.1) is 0 Å². The first-order chi connectivity index (χ1) is 6.18. The zero-order valence-electron chi connectivity index (χ0n) is 8.87. The molecule has 6 nitrogen and oxygen atoms in total. The summed E-state index contributed by atoms with van der Waals surface area (Å²) in [4.78, 5) is 0. The van der Waals surface area contributed by atoms with Crippen molar-refractivity contribution in [2.24, 2.45) is 34.4 Å². The number of rotatable bonds is 6. The van der Waals surface area contributed by atoms with Gasteiger partial charge in [-0.15, -0.1) is 0 Å². The van der Waals surface area contributed by atoms with Gasteiger partial charge in [0.1, 0.15) is 5.79 Å². The molecule has 0 aromatic heterocycles. The third kappa shape index (κ3) is 6.25. The molecule has 0 spiro atoms. The molecule has 0 saturated carbocycles. The summed E-state index contributed by atoms with van der Waals surface area (Å²) in [7, 11) is 0. The van der Waals surface area contributed by atoms with Crippen LogP contribution in [0.25, 0.3) is 0 Å². The molecule has 1 atom stereocenters. The smallest absolute Gasteiger partial charge is 0.117 e. The molecule has 0 bridgehead atoms. The highest BCUT2D eigenvalue weighted by molar-refractivity contribution is 4.92. The molecule has 0 aliphatic heterocycles. The maximum atomic E-state index is 6.10. The van der Waals surface area contributed by atoms with E-state index in [1.807, 2.05) is 6.92 Å². The van der Waals surface area contributed by atoms with E-state index in [0.29, 0.717) is 12.8 Å². The Morgan fingerprint density at radius 1 is 1.07 bits per heavy atom. The van der Waals surface area contributed by atoms with Crippen molar-refractivity contribution in [2.45, 2.75) is 50.1 Å². The number of nitrogens with two attached hydrogens (primary N) is 6. The molecule has 1 unspecified atom stereocenters. The summed E-state index contributed by atoms with van der Waals surface area (Å²) >= 11 is 0. The molecule has 0 radical (unpaired) electrons. The molecule has 0 aliphatic rings. The largest absolute Gasteiger partial charge is 0.325 e. The van der Waals surface area contributed by atoms with Gasteiger partial charge in [-0.25, -0.2) is 0 Å². The minimum Gasteiger partial charge on any atom is -0.325 e. The first kappa shape index (κ1) is 13.8. The van der Waals surface area contributed by atoms with Crippen LogP contribution in [0.3, 0.4) is 0 Å². The zero-order chi connectivity index (χ0) is 11.4. The fourth-order valence-corrected chi connectivity index (χ4v) is 1.84. The van der Waals surface area contributed by atoms with Crippen molar-refractivity contribution in [1.82, 2.24) is 0 Å². The van der Waals surface area contributed by atoms with Gasteiger partial charge in [-0.3, -0.25) is 0 Å². The molecule has 86 valence electrons. The van der Waals surface area contributed by atoms with Gasteiger partial charge < -0.3 is 34.4 Å². The second-order valence-electron chi connectivity index (χ2n) is 4.27. The molecular formula is C8H24N6. The van der Waals surface area contributed by atoms with Crippen LogP contribution in [0.2, 0.25) is 0 Å². The molecule has 6 heteroatoms. The Kier molecular flexibility index (Phi) is 4.93. The molecule has 0 aromatic rings. The Morgan fingerprint density at radius 3 is 1.86 bits per heavy atom. The Hall–Kier alpha value is -0.240. The summed E-state index contributed by atoms with van der Waals surface area (Å²) in [6.45, 7) is 2.02. The average molecular weight is 204 g/mol. The summed E-state index contributed by atoms with van der Waals surface area (Å²) in [6, 6.07) is 0. The van der Waals surface area contributed by atoms with E-state index in [9.17, 15) is 0 Å². The topological polar surface area (TPSA) is 156 Å². The van der Waals surface area contributed by atoms with Gasteiger partial charge in [-0.2, -0.15) is 0 Å². The SMILES string of the molecule is CCCC(N)(CC(N)N)CC(N)(N)N. The van der Waals surface area contributed by atoms with Crippen molar-refractivity contribution in [1.29, 1.82) is 0 Å². The summed E-state index contributed by atoms with van der Waals surface area (Å²) in [5.41, 5.74) is 33.1. The van der Waals surface area contributed by atoms with Crippen LogP contribution in [-0.2, 0) is 0 Å². The summed E-state index contributed by atoms with van der Waals surface area (Å²) in [5.74, 6) is -1.27. The van der Waals surface area contributed by atoms with E-state index in [1.165, 1.54) is 0 Å². The molecule has 12 N–H and O–H groups in total. The highest BCUT2D eigenvalue weighted by atomic mass is 15.1. The molecule has 0 heterocycles. The molecule has 0 amide bonds. The van der Waals surface area contributed by atoms with Crippen molar-refractivity contribution < 1.29 is 0 Å². The third-order valence-electron chi connectivity index (χ3n) is 2.05. The minimum absolute atomic E-state index is 0.304. The lowest BCUT2D eigenvalue weighted by atomic mass is 9.84. The van der Waals surface area contributed by atoms with E-state index < -0.39 is 17.5 Å². The van der Waals surface area contributed by atoms with Crippen LogP contribution >= 0.6 is 0 Å². The quantitative estimate of drug-likeness (QED) is 0.276. The normalized spacial score (nSPS) is 17.1. The van der Waals surface area contributed by atoms with Crippen molar-refractivity contribution >= 4 is 0 Å². The Morgan fingerprint density at radius 2 is 1.57 bits per heavy atom. The van der Waals surface area contributed by atoms with Crippen LogP contribution < -0.4 is 34.4 Å². The van der Waals surface area contributed by atoms with E-state index in [4.69, 9.17) is 34.4 Å². The van der Waals surface area contributed by atoms with Crippen molar-refractivity contribution in [3.8, 4) is 0 Å². The van der Waals surface area contributed by atoms with Gasteiger partial charge in [0.15, 0.2) is 0 Å². The first-order valence-corrected chi connectivity index (χ1v) is 4.85. The lowest BCUT2D eigenvalue weighted by Gasteiger charge is -2.36. The van der Waals surface area contributed by atoms with Gasteiger partial charge in [0.05, 0.1) is 6.17 Å². The van der Waals surface area contributed by atoms with Gasteiger partial charge in [0, 0.05) is 12.0 Å². The first-order valence-electron chi connectivity index (χ1n) is 4.85. The van der Waals surface area contributed by atoms with Crippen molar-refractivity contribution in [2.75, 3.05) is 0 Å². The molecular weight excluding hydrogens is 180 g/mol. The van der Waals surface area contributed by atoms with Crippen molar-refractivity contribution in [3.63, 3.8) is 0 Å². The Balaban J connectivity index is 4.38. The summed E-state index contributed by atoms with van der Waals surface area (Å²) < 4.78 is 0. The lowest BCUT2D eigenvalue weighted by molar-refractivity contribution is 0.242. The van der Waals surface area contributed by atoms with Crippen LogP contribution in [0.15, 0.2) is 0 Å². The number of hydrogen-bond acceptors (Lipinski definition) is 6. The minimum atomic E-state index is -1.27.